The number of hydrogen-bond donors (Lipinski definition) is 1. The minimum atomic E-state index is -4.85. The monoisotopic (exact) mass is 497 g/mol. The van der Waals surface area contributed by atoms with Crippen molar-refractivity contribution in [3.05, 3.63) is 70.0 Å². The summed E-state index contributed by atoms with van der Waals surface area (Å²) in [7, 11) is 0. The van der Waals surface area contributed by atoms with Gasteiger partial charge in [0.05, 0.1) is 12.3 Å². The number of fused-ring (bicyclic) bond motifs is 1. The van der Waals surface area contributed by atoms with E-state index in [-0.39, 0.29) is 30.2 Å². The van der Waals surface area contributed by atoms with E-state index in [1.54, 1.807) is 13.1 Å². The Bertz CT molecular complexity index is 1260. The SMILES string of the molecule is Cc1cn(-c2ccc3c(c2)OC(F)(F)C(F)(F)O3)c(=NC(=O)N(CCO)Cc2ccccc2)s1. The molecule has 0 spiro atoms. The number of benzene rings is 2. The van der Waals surface area contributed by atoms with E-state index in [1.165, 1.54) is 15.5 Å². The molecule has 0 unspecified atom stereocenters. The molecule has 7 nitrogen and oxygen atoms in total. The summed E-state index contributed by atoms with van der Waals surface area (Å²) in [5, 5.41) is 9.38. The summed E-state index contributed by atoms with van der Waals surface area (Å²) in [4.78, 5) is 19.4. The highest BCUT2D eigenvalue weighted by Gasteiger charge is 2.65. The van der Waals surface area contributed by atoms with Gasteiger partial charge >= 0.3 is 18.2 Å². The van der Waals surface area contributed by atoms with Crippen LogP contribution < -0.4 is 14.3 Å². The van der Waals surface area contributed by atoms with Gasteiger partial charge in [0.2, 0.25) is 0 Å². The summed E-state index contributed by atoms with van der Waals surface area (Å²) >= 11 is 1.16. The molecular formula is C22H19F4N3O4S. The first-order chi connectivity index (χ1) is 16.1. The van der Waals surface area contributed by atoms with E-state index in [2.05, 4.69) is 14.5 Å². The number of ether oxygens (including phenoxy) is 2. The first kappa shape index (κ1) is 23.8. The Hall–Kier alpha value is -3.38. The number of thiazole rings is 1. The molecule has 3 aromatic rings. The first-order valence-electron chi connectivity index (χ1n) is 10.1. The Morgan fingerprint density at radius 2 is 1.76 bits per heavy atom. The number of alkyl halides is 4. The second kappa shape index (κ2) is 9.11. The van der Waals surface area contributed by atoms with Gasteiger partial charge in [0.1, 0.15) is 0 Å². The lowest BCUT2D eigenvalue weighted by Crippen LogP contribution is -2.52. The molecule has 0 fully saturated rings. The summed E-state index contributed by atoms with van der Waals surface area (Å²) in [6.07, 6.45) is -8.04. The van der Waals surface area contributed by atoms with Gasteiger partial charge in [-0.1, -0.05) is 30.3 Å². The third-order valence-electron chi connectivity index (χ3n) is 4.84. The molecule has 1 N–H and O–H groups in total. The van der Waals surface area contributed by atoms with Gasteiger partial charge in [-0.25, -0.2) is 4.79 Å². The van der Waals surface area contributed by atoms with Crippen LogP contribution in [0.5, 0.6) is 11.5 Å². The summed E-state index contributed by atoms with van der Waals surface area (Å²) in [5.41, 5.74) is 1.09. The molecule has 0 aliphatic carbocycles. The van der Waals surface area contributed by atoms with E-state index < -0.39 is 29.7 Å². The van der Waals surface area contributed by atoms with Crippen LogP contribution in [0.4, 0.5) is 22.4 Å². The number of carbonyl (C=O) groups is 1. The molecule has 12 heteroatoms. The van der Waals surface area contributed by atoms with Crippen LogP contribution in [-0.2, 0) is 6.54 Å². The van der Waals surface area contributed by atoms with E-state index in [4.69, 9.17) is 0 Å². The molecule has 4 rings (SSSR count). The van der Waals surface area contributed by atoms with E-state index in [1.807, 2.05) is 30.3 Å². The van der Waals surface area contributed by atoms with Crippen LogP contribution >= 0.6 is 11.3 Å². The van der Waals surface area contributed by atoms with Crippen LogP contribution in [-0.4, -0.2) is 46.0 Å². The van der Waals surface area contributed by atoms with Gasteiger partial charge in [0.15, 0.2) is 16.3 Å². The molecule has 34 heavy (non-hydrogen) atoms. The van der Waals surface area contributed by atoms with Crippen molar-refractivity contribution < 1.29 is 36.9 Å². The van der Waals surface area contributed by atoms with Crippen molar-refractivity contribution in [2.75, 3.05) is 13.2 Å². The molecular weight excluding hydrogens is 478 g/mol. The van der Waals surface area contributed by atoms with Crippen molar-refractivity contribution in [1.29, 1.82) is 0 Å². The molecule has 0 bridgehead atoms. The van der Waals surface area contributed by atoms with Crippen LogP contribution in [0, 0.1) is 6.92 Å². The highest BCUT2D eigenvalue weighted by Crippen LogP contribution is 2.47. The maximum Gasteiger partial charge on any atom is 0.507 e. The second-order valence-electron chi connectivity index (χ2n) is 7.39. The van der Waals surface area contributed by atoms with Gasteiger partial charge in [-0.3, -0.25) is 4.57 Å². The van der Waals surface area contributed by atoms with Crippen molar-refractivity contribution in [2.45, 2.75) is 25.7 Å². The van der Waals surface area contributed by atoms with Crippen LogP contribution in [0.3, 0.4) is 0 Å². The highest BCUT2D eigenvalue weighted by molar-refractivity contribution is 7.09. The number of carbonyl (C=O) groups excluding carboxylic acids is 1. The van der Waals surface area contributed by atoms with Crippen molar-refractivity contribution in [3.63, 3.8) is 0 Å². The van der Waals surface area contributed by atoms with E-state index in [9.17, 15) is 27.5 Å². The third-order valence-corrected chi connectivity index (χ3v) is 5.74. The molecule has 2 amide bonds. The normalized spacial score (nSPS) is 16.4. The number of aliphatic hydroxyl groups is 1. The number of aromatic nitrogens is 1. The fourth-order valence-electron chi connectivity index (χ4n) is 3.24. The van der Waals surface area contributed by atoms with Crippen molar-refractivity contribution in [2.24, 2.45) is 4.99 Å². The minimum absolute atomic E-state index is 0.0505. The number of aryl methyl sites for hydroxylation is 1. The van der Waals surface area contributed by atoms with Crippen molar-refractivity contribution >= 4 is 17.4 Å². The smallest absolute Gasteiger partial charge is 0.421 e. The molecule has 2 aromatic carbocycles. The number of aliphatic hydroxyl groups excluding tert-OH is 1. The third kappa shape index (κ3) is 4.77. The van der Waals surface area contributed by atoms with Gasteiger partial charge in [0.25, 0.3) is 0 Å². The predicted molar refractivity (Wildman–Crippen MR) is 114 cm³/mol. The maximum absolute atomic E-state index is 13.6. The molecule has 1 aromatic heterocycles. The number of rotatable bonds is 5. The Morgan fingerprint density at radius 1 is 1.09 bits per heavy atom. The zero-order valence-corrected chi connectivity index (χ0v) is 18.6. The molecule has 1 aliphatic heterocycles. The highest BCUT2D eigenvalue weighted by atomic mass is 32.1. The summed E-state index contributed by atoms with van der Waals surface area (Å²) in [6.45, 7) is 1.77. The number of amides is 2. The lowest BCUT2D eigenvalue weighted by atomic mass is 10.2. The van der Waals surface area contributed by atoms with Crippen LogP contribution in [0.25, 0.3) is 5.69 Å². The molecule has 180 valence electrons. The lowest BCUT2D eigenvalue weighted by molar-refractivity contribution is -0.391. The Kier molecular flexibility index (Phi) is 6.36. The Balaban J connectivity index is 1.67. The lowest BCUT2D eigenvalue weighted by Gasteiger charge is -2.31. The van der Waals surface area contributed by atoms with Crippen molar-refractivity contribution in [3.8, 4) is 17.2 Å². The maximum atomic E-state index is 13.6. The van der Waals surface area contributed by atoms with E-state index >= 15 is 0 Å². The number of urea groups is 1. The van der Waals surface area contributed by atoms with Crippen molar-refractivity contribution in [1.82, 2.24) is 9.47 Å². The van der Waals surface area contributed by atoms with E-state index in [0.717, 1.165) is 33.9 Å². The molecule has 0 radical (unpaired) electrons. The van der Waals surface area contributed by atoms with Crippen LogP contribution in [0.2, 0.25) is 0 Å². The Labute approximate surface area is 195 Å². The van der Waals surface area contributed by atoms with Gasteiger partial charge < -0.3 is 19.5 Å². The quantitative estimate of drug-likeness (QED) is 0.533. The molecule has 0 saturated carbocycles. The predicted octanol–water partition coefficient (Wildman–Crippen LogP) is 4.32. The molecule has 0 saturated heterocycles. The number of nitrogens with zero attached hydrogens (tertiary/aromatic N) is 3. The summed E-state index contributed by atoms with van der Waals surface area (Å²) in [5.74, 6) is -1.12. The van der Waals surface area contributed by atoms with E-state index in [0.29, 0.717) is 0 Å². The fraction of sp³-hybridized carbons (Fsp3) is 0.273. The Morgan fingerprint density at radius 3 is 2.44 bits per heavy atom. The van der Waals surface area contributed by atoms with Gasteiger partial charge in [-0.15, -0.1) is 11.3 Å². The number of halogens is 4. The van der Waals surface area contributed by atoms with Gasteiger partial charge in [-0.05, 0) is 24.6 Å². The standard InChI is InChI=1S/C22H19F4N3O4S/c1-14-12-29(16-7-8-17-18(11-16)33-22(25,26)21(23,24)32-17)20(34-14)27-19(31)28(9-10-30)13-15-5-3-2-4-6-15/h2-8,11-12,30H,9-10,13H2,1H3. The molecule has 0 atom stereocenters. The van der Waals surface area contributed by atoms with Gasteiger partial charge in [-0.2, -0.15) is 22.6 Å². The average molecular weight is 497 g/mol. The molecule has 1 aliphatic rings. The van der Waals surface area contributed by atoms with Crippen LogP contribution in [0.15, 0.2) is 59.7 Å². The summed E-state index contributed by atoms with van der Waals surface area (Å²) < 4.78 is 63.8. The topological polar surface area (TPSA) is 76.3 Å². The zero-order valence-electron chi connectivity index (χ0n) is 17.8. The minimum Gasteiger partial charge on any atom is -0.421 e. The largest absolute Gasteiger partial charge is 0.507 e. The zero-order chi connectivity index (χ0) is 24.5. The molecule has 2 heterocycles. The fourth-order valence-corrected chi connectivity index (χ4v) is 4.07. The van der Waals surface area contributed by atoms with Gasteiger partial charge in [0, 0.05) is 30.2 Å². The van der Waals surface area contributed by atoms with Crippen LogP contribution in [0.1, 0.15) is 10.4 Å². The average Bonchev–Trinajstić information content (AvgIpc) is 3.14. The second-order valence-corrected chi connectivity index (χ2v) is 8.60. The number of hydrogen-bond acceptors (Lipinski definition) is 5. The first-order valence-corrected chi connectivity index (χ1v) is 10.9. The summed E-state index contributed by atoms with van der Waals surface area (Å²) in [6, 6.07) is 12.1.